The molecule has 2 aliphatic heterocycles. The predicted molar refractivity (Wildman–Crippen MR) is 59.9 cm³/mol. The fraction of sp³-hybridized carbons (Fsp3) is 1.00. The van der Waals surface area contributed by atoms with E-state index >= 15 is 0 Å². The zero-order valence-corrected chi connectivity index (χ0v) is 9.67. The molecule has 15 heavy (non-hydrogen) atoms. The molecule has 2 saturated heterocycles. The first-order valence-corrected chi connectivity index (χ1v) is 6.19. The van der Waals surface area contributed by atoms with Gasteiger partial charge in [0.2, 0.25) is 0 Å². The lowest BCUT2D eigenvalue weighted by Crippen LogP contribution is -2.48. The van der Waals surface area contributed by atoms with Gasteiger partial charge < -0.3 is 15.2 Å². The van der Waals surface area contributed by atoms with Crippen molar-refractivity contribution in [1.29, 1.82) is 0 Å². The lowest BCUT2D eigenvalue weighted by molar-refractivity contribution is -0.0168. The maximum atomic E-state index is 10.5. The molecule has 88 valence electrons. The van der Waals surface area contributed by atoms with Crippen molar-refractivity contribution in [3.63, 3.8) is 0 Å². The number of rotatable bonds is 5. The van der Waals surface area contributed by atoms with Gasteiger partial charge in [-0.15, -0.1) is 0 Å². The van der Waals surface area contributed by atoms with Crippen LogP contribution in [0.25, 0.3) is 0 Å². The quantitative estimate of drug-likeness (QED) is 0.679. The third-order valence-corrected chi connectivity index (χ3v) is 3.83. The number of methoxy groups -OCH3 is 1. The number of fused-ring (bicyclic) bond motifs is 2. The van der Waals surface area contributed by atoms with Gasteiger partial charge in [0.1, 0.15) is 0 Å². The van der Waals surface area contributed by atoms with Crippen LogP contribution in [0.1, 0.15) is 44.9 Å². The summed E-state index contributed by atoms with van der Waals surface area (Å²) in [6.07, 6.45) is 7.53. The molecule has 2 N–H and O–H groups in total. The standard InChI is InChI=1S/C12H23NO2/c1-15-7-3-2-6-12(14)8-10-4-5-11(9-12)13-10/h10-11,13-14H,2-9H2,1H3. The molecule has 2 rings (SSSR count). The normalized spacial score (nSPS) is 39.6. The molecular formula is C12H23NO2. The highest BCUT2D eigenvalue weighted by molar-refractivity contribution is 4.99. The topological polar surface area (TPSA) is 41.5 Å². The minimum atomic E-state index is -0.384. The summed E-state index contributed by atoms with van der Waals surface area (Å²) in [7, 11) is 1.74. The molecule has 0 aliphatic carbocycles. The van der Waals surface area contributed by atoms with Gasteiger partial charge in [-0.3, -0.25) is 0 Å². The smallest absolute Gasteiger partial charge is 0.0677 e. The Morgan fingerprint density at radius 2 is 1.93 bits per heavy atom. The Hall–Kier alpha value is -0.120. The molecule has 0 aromatic heterocycles. The molecule has 2 fully saturated rings. The number of aliphatic hydroxyl groups is 1. The van der Waals surface area contributed by atoms with Crippen LogP contribution in [0, 0.1) is 0 Å². The number of unbranched alkanes of at least 4 members (excludes halogenated alkanes) is 1. The van der Waals surface area contributed by atoms with Crippen molar-refractivity contribution < 1.29 is 9.84 Å². The molecule has 2 unspecified atom stereocenters. The predicted octanol–water partition coefficient (Wildman–Crippen LogP) is 1.45. The molecule has 0 radical (unpaired) electrons. The monoisotopic (exact) mass is 213 g/mol. The summed E-state index contributed by atoms with van der Waals surface area (Å²) < 4.78 is 5.02. The molecule has 0 aromatic carbocycles. The van der Waals surface area contributed by atoms with Crippen LogP contribution >= 0.6 is 0 Å². The van der Waals surface area contributed by atoms with Crippen LogP contribution < -0.4 is 5.32 Å². The summed E-state index contributed by atoms with van der Waals surface area (Å²) in [5.41, 5.74) is -0.384. The molecule has 2 atom stereocenters. The molecular weight excluding hydrogens is 190 g/mol. The zero-order valence-electron chi connectivity index (χ0n) is 9.67. The van der Waals surface area contributed by atoms with E-state index in [0.29, 0.717) is 12.1 Å². The summed E-state index contributed by atoms with van der Waals surface area (Å²) in [4.78, 5) is 0. The summed E-state index contributed by atoms with van der Waals surface area (Å²) in [6.45, 7) is 0.821. The third-order valence-electron chi connectivity index (χ3n) is 3.83. The van der Waals surface area contributed by atoms with Crippen molar-refractivity contribution in [2.75, 3.05) is 13.7 Å². The second-order valence-corrected chi connectivity index (χ2v) is 5.22. The number of hydrogen-bond donors (Lipinski definition) is 2. The van der Waals surface area contributed by atoms with Gasteiger partial charge in [0.05, 0.1) is 5.60 Å². The van der Waals surface area contributed by atoms with Crippen LogP contribution in [0.4, 0.5) is 0 Å². The summed E-state index contributed by atoms with van der Waals surface area (Å²) in [5.74, 6) is 0. The summed E-state index contributed by atoms with van der Waals surface area (Å²) in [5, 5.41) is 14.0. The van der Waals surface area contributed by atoms with Crippen molar-refractivity contribution in [3.8, 4) is 0 Å². The second kappa shape index (κ2) is 4.81. The number of hydrogen-bond acceptors (Lipinski definition) is 3. The number of ether oxygens (including phenoxy) is 1. The minimum absolute atomic E-state index is 0.384. The molecule has 0 spiro atoms. The van der Waals surface area contributed by atoms with Gasteiger partial charge >= 0.3 is 0 Å². The van der Waals surface area contributed by atoms with Crippen molar-refractivity contribution in [2.24, 2.45) is 0 Å². The first-order valence-electron chi connectivity index (χ1n) is 6.19. The van der Waals surface area contributed by atoms with Crippen LogP contribution in [0.5, 0.6) is 0 Å². The van der Waals surface area contributed by atoms with E-state index in [9.17, 15) is 5.11 Å². The van der Waals surface area contributed by atoms with Crippen molar-refractivity contribution in [2.45, 2.75) is 62.6 Å². The molecule has 3 nitrogen and oxygen atoms in total. The number of nitrogens with one attached hydrogen (secondary N) is 1. The maximum Gasteiger partial charge on any atom is 0.0677 e. The highest BCUT2D eigenvalue weighted by Gasteiger charge is 2.41. The maximum absolute atomic E-state index is 10.5. The average molecular weight is 213 g/mol. The van der Waals surface area contributed by atoms with E-state index in [-0.39, 0.29) is 5.60 Å². The first kappa shape index (κ1) is 11.4. The third kappa shape index (κ3) is 2.92. The van der Waals surface area contributed by atoms with Gasteiger partial charge in [-0.1, -0.05) is 0 Å². The van der Waals surface area contributed by atoms with E-state index in [0.717, 1.165) is 38.7 Å². The Labute approximate surface area is 92.2 Å². The highest BCUT2D eigenvalue weighted by atomic mass is 16.5. The minimum Gasteiger partial charge on any atom is -0.390 e. The Kier molecular flexibility index (Phi) is 3.65. The zero-order chi connectivity index (χ0) is 10.7. The van der Waals surface area contributed by atoms with E-state index in [2.05, 4.69) is 5.32 Å². The lowest BCUT2D eigenvalue weighted by atomic mass is 9.83. The van der Waals surface area contributed by atoms with Crippen LogP contribution in [0.15, 0.2) is 0 Å². The first-order chi connectivity index (χ1) is 7.22. The van der Waals surface area contributed by atoms with Gasteiger partial charge in [-0.05, 0) is 44.9 Å². The van der Waals surface area contributed by atoms with Crippen LogP contribution in [-0.4, -0.2) is 36.5 Å². The van der Waals surface area contributed by atoms with E-state index < -0.39 is 0 Å². The van der Waals surface area contributed by atoms with E-state index in [1.54, 1.807) is 7.11 Å². The Morgan fingerprint density at radius 1 is 1.27 bits per heavy atom. The SMILES string of the molecule is COCCCCC1(O)CC2CCC(C1)N2. The van der Waals surface area contributed by atoms with Gasteiger partial charge in [0, 0.05) is 25.8 Å². The Balaban J connectivity index is 1.75. The van der Waals surface area contributed by atoms with Crippen LogP contribution in [0.3, 0.4) is 0 Å². The summed E-state index contributed by atoms with van der Waals surface area (Å²) in [6, 6.07) is 1.16. The Bertz CT molecular complexity index is 196. The molecule has 2 aliphatic rings. The molecule has 3 heteroatoms. The average Bonchev–Trinajstić information content (AvgIpc) is 2.54. The number of piperidine rings is 1. The molecule has 2 heterocycles. The van der Waals surface area contributed by atoms with Crippen molar-refractivity contribution >= 4 is 0 Å². The van der Waals surface area contributed by atoms with Gasteiger partial charge in [0.15, 0.2) is 0 Å². The van der Waals surface area contributed by atoms with E-state index in [4.69, 9.17) is 4.74 Å². The molecule has 0 amide bonds. The van der Waals surface area contributed by atoms with E-state index in [1.165, 1.54) is 12.8 Å². The van der Waals surface area contributed by atoms with Crippen molar-refractivity contribution in [1.82, 2.24) is 5.32 Å². The van der Waals surface area contributed by atoms with Gasteiger partial charge in [0.25, 0.3) is 0 Å². The van der Waals surface area contributed by atoms with Crippen LogP contribution in [-0.2, 0) is 4.74 Å². The molecule has 0 saturated carbocycles. The molecule has 2 bridgehead atoms. The Morgan fingerprint density at radius 3 is 2.53 bits per heavy atom. The van der Waals surface area contributed by atoms with Crippen molar-refractivity contribution in [3.05, 3.63) is 0 Å². The lowest BCUT2D eigenvalue weighted by Gasteiger charge is -2.37. The highest BCUT2D eigenvalue weighted by Crippen LogP contribution is 2.36. The van der Waals surface area contributed by atoms with Gasteiger partial charge in [-0.2, -0.15) is 0 Å². The summed E-state index contributed by atoms with van der Waals surface area (Å²) >= 11 is 0. The largest absolute Gasteiger partial charge is 0.390 e. The molecule has 0 aromatic rings. The van der Waals surface area contributed by atoms with Gasteiger partial charge in [-0.25, -0.2) is 0 Å². The second-order valence-electron chi connectivity index (χ2n) is 5.22. The van der Waals surface area contributed by atoms with Crippen LogP contribution in [0.2, 0.25) is 0 Å². The fourth-order valence-corrected chi connectivity index (χ4v) is 3.13. The van der Waals surface area contributed by atoms with E-state index in [1.807, 2.05) is 0 Å². The fourth-order valence-electron chi connectivity index (χ4n) is 3.13.